The van der Waals surface area contributed by atoms with E-state index in [0.717, 1.165) is 19.7 Å². The molecule has 0 aromatic carbocycles. The predicted molar refractivity (Wildman–Crippen MR) is 83.1 cm³/mol. The summed E-state index contributed by atoms with van der Waals surface area (Å²) >= 11 is 2.05. The van der Waals surface area contributed by atoms with E-state index in [2.05, 4.69) is 26.6 Å². The number of thioether (sulfide) groups is 1. The molecule has 5 heteroatoms. The molecule has 0 radical (unpaired) electrons. The minimum absolute atomic E-state index is 0.206. The minimum Gasteiger partial charge on any atom is -0.374 e. The summed E-state index contributed by atoms with van der Waals surface area (Å²) in [6.45, 7) is 3.14. The number of nitrogens with one attached hydrogen (secondary N) is 1. The zero-order valence-corrected chi connectivity index (χ0v) is 12.9. The number of unbranched alkanes of at least 4 members (excludes halogenated alkanes) is 1. The van der Waals surface area contributed by atoms with E-state index < -0.39 is 0 Å². The smallest absolute Gasteiger partial charge is 0.0945 e. The van der Waals surface area contributed by atoms with Crippen molar-refractivity contribution in [3.8, 4) is 0 Å². The number of rotatable bonds is 6. The van der Waals surface area contributed by atoms with Crippen LogP contribution in [-0.4, -0.2) is 45.9 Å². The van der Waals surface area contributed by atoms with Crippen molar-refractivity contribution in [3.05, 3.63) is 18.7 Å². The Morgan fingerprint density at radius 2 is 2.45 bits per heavy atom. The molecule has 2 aliphatic rings. The van der Waals surface area contributed by atoms with E-state index in [4.69, 9.17) is 4.74 Å². The lowest BCUT2D eigenvalue weighted by Gasteiger charge is -2.38. The molecule has 0 bridgehead atoms. The van der Waals surface area contributed by atoms with Gasteiger partial charge in [-0.15, -0.1) is 0 Å². The van der Waals surface area contributed by atoms with Gasteiger partial charge in [-0.3, -0.25) is 0 Å². The van der Waals surface area contributed by atoms with Crippen LogP contribution in [0.2, 0.25) is 0 Å². The molecule has 1 aromatic heterocycles. The zero-order chi connectivity index (χ0) is 13.7. The fraction of sp³-hybridized carbons (Fsp3) is 0.800. The van der Waals surface area contributed by atoms with Gasteiger partial charge in [-0.1, -0.05) is 0 Å². The van der Waals surface area contributed by atoms with Crippen LogP contribution in [0.4, 0.5) is 0 Å². The van der Waals surface area contributed by atoms with E-state index in [1.807, 2.05) is 18.7 Å². The molecule has 2 atom stereocenters. The largest absolute Gasteiger partial charge is 0.374 e. The second-order valence-corrected chi connectivity index (χ2v) is 7.09. The molecule has 0 aliphatic carbocycles. The number of aryl methyl sites for hydroxylation is 1. The van der Waals surface area contributed by atoms with E-state index in [9.17, 15) is 0 Å². The second-order valence-electron chi connectivity index (χ2n) is 5.99. The summed E-state index contributed by atoms with van der Waals surface area (Å²) in [6, 6.07) is 0.663. The number of hydrogen-bond acceptors (Lipinski definition) is 4. The number of imidazole rings is 1. The van der Waals surface area contributed by atoms with Crippen LogP contribution < -0.4 is 5.32 Å². The first-order valence-electron chi connectivity index (χ1n) is 7.77. The zero-order valence-electron chi connectivity index (χ0n) is 12.1. The van der Waals surface area contributed by atoms with Gasteiger partial charge >= 0.3 is 0 Å². The quantitative estimate of drug-likeness (QED) is 0.818. The average molecular weight is 295 g/mol. The average Bonchev–Trinajstić information content (AvgIpc) is 3.11. The van der Waals surface area contributed by atoms with Crippen LogP contribution in [0.1, 0.15) is 32.1 Å². The van der Waals surface area contributed by atoms with E-state index in [1.165, 1.54) is 43.6 Å². The first-order chi connectivity index (χ1) is 9.86. The highest BCUT2D eigenvalue weighted by atomic mass is 32.2. The summed E-state index contributed by atoms with van der Waals surface area (Å²) in [7, 11) is 0. The van der Waals surface area contributed by atoms with Crippen LogP contribution >= 0.6 is 11.8 Å². The van der Waals surface area contributed by atoms with Crippen molar-refractivity contribution in [1.82, 2.24) is 14.9 Å². The number of aromatic nitrogens is 2. The molecular formula is C15H25N3OS. The van der Waals surface area contributed by atoms with E-state index in [-0.39, 0.29) is 5.60 Å². The lowest BCUT2D eigenvalue weighted by Crippen LogP contribution is -2.47. The molecule has 1 N–H and O–H groups in total. The normalized spacial score (nSPS) is 30.1. The Morgan fingerprint density at radius 3 is 3.25 bits per heavy atom. The Hall–Kier alpha value is -0.520. The van der Waals surface area contributed by atoms with Gasteiger partial charge in [0.05, 0.1) is 11.9 Å². The second kappa shape index (κ2) is 6.96. The Kier molecular flexibility index (Phi) is 5.02. The SMILES string of the molecule is c1cn(CCCCNC2CCOC3(CCSC3)C2)cn1. The molecule has 2 unspecified atom stereocenters. The molecule has 4 nitrogen and oxygen atoms in total. The van der Waals surface area contributed by atoms with Gasteiger partial charge in [0.1, 0.15) is 0 Å². The lowest BCUT2D eigenvalue weighted by molar-refractivity contribution is -0.0700. The number of hydrogen-bond donors (Lipinski definition) is 1. The van der Waals surface area contributed by atoms with Gasteiger partial charge in [-0.2, -0.15) is 11.8 Å². The first kappa shape index (κ1) is 14.4. The maximum absolute atomic E-state index is 6.06. The highest BCUT2D eigenvalue weighted by molar-refractivity contribution is 7.99. The van der Waals surface area contributed by atoms with Gasteiger partial charge in [0.25, 0.3) is 0 Å². The molecule has 0 saturated carbocycles. The summed E-state index contributed by atoms with van der Waals surface area (Å²) in [5, 5.41) is 3.74. The third-order valence-electron chi connectivity index (χ3n) is 4.40. The molecule has 1 spiro atoms. The molecule has 3 rings (SSSR count). The molecule has 2 saturated heterocycles. The molecule has 3 heterocycles. The Morgan fingerprint density at radius 1 is 1.45 bits per heavy atom. The van der Waals surface area contributed by atoms with Crippen molar-refractivity contribution in [2.75, 3.05) is 24.7 Å². The number of nitrogens with zero attached hydrogens (tertiary/aromatic N) is 2. The Balaban J connectivity index is 1.32. The predicted octanol–water partition coefficient (Wildman–Crippen LogP) is 2.31. The van der Waals surface area contributed by atoms with E-state index in [0.29, 0.717) is 6.04 Å². The molecule has 2 aliphatic heterocycles. The topological polar surface area (TPSA) is 39.1 Å². The summed E-state index contributed by atoms with van der Waals surface area (Å²) in [6.07, 6.45) is 11.9. The van der Waals surface area contributed by atoms with Crippen LogP contribution in [-0.2, 0) is 11.3 Å². The maximum atomic E-state index is 6.06. The highest BCUT2D eigenvalue weighted by Crippen LogP contribution is 2.38. The van der Waals surface area contributed by atoms with Gasteiger partial charge in [0, 0.05) is 37.3 Å². The van der Waals surface area contributed by atoms with Crippen molar-refractivity contribution in [1.29, 1.82) is 0 Å². The van der Waals surface area contributed by atoms with Gasteiger partial charge in [0.2, 0.25) is 0 Å². The Labute approximate surface area is 125 Å². The molecular weight excluding hydrogens is 270 g/mol. The van der Waals surface area contributed by atoms with Crippen molar-refractivity contribution < 1.29 is 4.74 Å². The maximum Gasteiger partial charge on any atom is 0.0945 e. The van der Waals surface area contributed by atoms with E-state index in [1.54, 1.807) is 0 Å². The summed E-state index contributed by atoms with van der Waals surface area (Å²) in [4.78, 5) is 4.07. The van der Waals surface area contributed by atoms with Crippen LogP contribution in [0.25, 0.3) is 0 Å². The van der Waals surface area contributed by atoms with E-state index >= 15 is 0 Å². The molecule has 0 amide bonds. The molecule has 2 fully saturated rings. The monoisotopic (exact) mass is 295 g/mol. The Bertz CT molecular complexity index is 390. The van der Waals surface area contributed by atoms with Gasteiger partial charge in [-0.25, -0.2) is 4.98 Å². The first-order valence-corrected chi connectivity index (χ1v) is 8.93. The number of ether oxygens (including phenoxy) is 1. The van der Waals surface area contributed by atoms with Crippen molar-refractivity contribution >= 4 is 11.8 Å². The summed E-state index contributed by atoms with van der Waals surface area (Å²) in [5.74, 6) is 2.48. The molecule has 112 valence electrons. The summed E-state index contributed by atoms with van der Waals surface area (Å²) in [5.41, 5.74) is 0.206. The standard InChI is InChI=1S/C15H25N3OS/c1(2-7-18-8-6-16-13-18)5-17-14-3-9-19-15(11-14)4-10-20-12-15/h6,8,13-14,17H,1-5,7,9-12H2. The molecule has 1 aromatic rings. The van der Waals surface area contributed by atoms with Crippen molar-refractivity contribution in [3.63, 3.8) is 0 Å². The minimum atomic E-state index is 0.206. The van der Waals surface area contributed by atoms with Crippen LogP contribution in [0.3, 0.4) is 0 Å². The lowest BCUT2D eigenvalue weighted by atomic mass is 9.90. The van der Waals surface area contributed by atoms with Gasteiger partial charge < -0.3 is 14.6 Å². The third kappa shape index (κ3) is 3.77. The fourth-order valence-corrected chi connectivity index (χ4v) is 4.59. The van der Waals surface area contributed by atoms with Crippen LogP contribution in [0.5, 0.6) is 0 Å². The third-order valence-corrected chi connectivity index (χ3v) is 5.62. The summed E-state index contributed by atoms with van der Waals surface area (Å²) < 4.78 is 8.21. The van der Waals surface area contributed by atoms with Crippen LogP contribution in [0.15, 0.2) is 18.7 Å². The molecule has 20 heavy (non-hydrogen) atoms. The highest BCUT2D eigenvalue weighted by Gasteiger charge is 2.40. The van der Waals surface area contributed by atoms with Crippen molar-refractivity contribution in [2.45, 2.75) is 50.3 Å². The van der Waals surface area contributed by atoms with Crippen molar-refractivity contribution in [2.24, 2.45) is 0 Å². The van der Waals surface area contributed by atoms with Gasteiger partial charge in [-0.05, 0) is 44.4 Å². The fourth-order valence-electron chi connectivity index (χ4n) is 3.21. The van der Waals surface area contributed by atoms with Crippen LogP contribution in [0, 0.1) is 0 Å². The van der Waals surface area contributed by atoms with Gasteiger partial charge in [0.15, 0.2) is 0 Å².